The first-order chi connectivity index (χ1) is 9.44. The molecule has 1 atom stereocenters. The summed E-state index contributed by atoms with van der Waals surface area (Å²) in [5.41, 5.74) is -0.228. The van der Waals surface area contributed by atoms with E-state index < -0.39 is 12.1 Å². The molecule has 0 spiro atoms. The Labute approximate surface area is 128 Å². The fourth-order valence-corrected chi connectivity index (χ4v) is 1.43. The van der Waals surface area contributed by atoms with Crippen LogP contribution in [-0.4, -0.2) is 49.1 Å². The fourth-order valence-electron chi connectivity index (χ4n) is 1.43. The van der Waals surface area contributed by atoms with Crippen LogP contribution in [0.25, 0.3) is 0 Å². The van der Waals surface area contributed by atoms with Gasteiger partial charge in [-0.2, -0.15) is 0 Å². The van der Waals surface area contributed by atoms with Gasteiger partial charge in [0.05, 0.1) is 12.2 Å². The summed E-state index contributed by atoms with van der Waals surface area (Å²) in [6.07, 6.45) is 1.09. The van der Waals surface area contributed by atoms with Gasteiger partial charge in [0.2, 0.25) is 0 Å². The summed E-state index contributed by atoms with van der Waals surface area (Å²) in [7, 11) is 3.51. The highest BCUT2D eigenvalue weighted by Gasteiger charge is 2.25. The topological polar surface area (TPSA) is 55.8 Å². The zero-order valence-electron chi connectivity index (χ0n) is 14.5. The Kier molecular flexibility index (Phi) is 7.64. The fraction of sp³-hybridized carbons (Fsp3) is 0.750. The van der Waals surface area contributed by atoms with E-state index in [1.807, 2.05) is 20.8 Å². The normalized spacial score (nSPS) is 14.0. The van der Waals surface area contributed by atoms with Crippen LogP contribution in [0.5, 0.6) is 0 Å². The van der Waals surface area contributed by atoms with Crippen molar-refractivity contribution in [3.05, 3.63) is 11.8 Å². The molecule has 0 aliphatic rings. The van der Waals surface area contributed by atoms with E-state index in [2.05, 4.69) is 0 Å². The van der Waals surface area contributed by atoms with Gasteiger partial charge in [-0.3, -0.25) is 4.79 Å². The molecule has 0 saturated carbocycles. The van der Waals surface area contributed by atoms with Gasteiger partial charge < -0.3 is 14.4 Å². The molecule has 0 bridgehead atoms. The van der Waals surface area contributed by atoms with E-state index in [9.17, 15) is 9.59 Å². The number of rotatable bonds is 7. The number of Topliss-reactive ketones (excluding diaryl/α,β-unsaturated/α-hetero) is 1. The van der Waals surface area contributed by atoms with Crippen LogP contribution in [0, 0.1) is 5.92 Å². The second-order valence-electron chi connectivity index (χ2n) is 6.66. The van der Waals surface area contributed by atoms with E-state index in [0.29, 0.717) is 6.61 Å². The molecule has 0 fully saturated rings. The Morgan fingerprint density at radius 3 is 2.05 bits per heavy atom. The molecule has 0 aliphatic carbocycles. The molecule has 0 radical (unpaired) electrons. The van der Waals surface area contributed by atoms with Crippen LogP contribution in [0.2, 0.25) is 0 Å². The zero-order valence-corrected chi connectivity index (χ0v) is 14.5. The lowest BCUT2D eigenvalue weighted by molar-refractivity contribution is -0.150. The van der Waals surface area contributed by atoms with Crippen LogP contribution in [0.1, 0.15) is 41.5 Å². The second kappa shape index (κ2) is 8.17. The van der Waals surface area contributed by atoms with Gasteiger partial charge in [-0.15, -0.1) is 0 Å². The van der Waals surface area contributed by atoms with E-state index in [1.54, 1.807) is 39.8 Å². The lowest BCUT2D eigenvalue weighted by atomic mass is 10.0. The molecular formula is C16H29NO4. The second-order valence-corrected chi connectivity index (χ2v) is 6.66. The van der Waals surface area contributed by atoms with Crippen molar-refractivity contribution in [3.8, 4) is 0 Å². The molecule has 21 heavy (non-hydrogen) atoms. The maximum atomic E-state index is 12.2. The zero-order chi connectivity index (χ0) is 16.8. The van der Waals surface area contributed by atoms with Gasteiger partial charge in [0, 0.05) is 26.2 Å². The number of carbonyl (C=O) groups excluding carboxylic acids is 2. The largest absolute Gasteiger partial charge is 0.456 e. The van der Waals surface area contributed by atoms with Gasteiger partial charge in [-0.1, -0.05) is 13.8 Å². The highest BCUT2D eigenvalue weighted by Crippen LogP contribution is 2.12. The van der Waals surface area contributed by atoms with Crippen molar-refractivity contribution in [2.75, 3.05) is 20.7 Å². The third-order valence-corrected chi connectivity index (χ3v) is 2.46. The van der Waals surface area contributed by atoms with Crippen molar-refractivity contribution in [2.24, 2.45) is 5.92 Å². The molecule has 0 amide bonds. The summed E-state index contributed by atoms with van der Waals surface area (Å²) in [6.45, 7) is 11.3. The molecule has 0 rings (SSSR count). The number of hydrogen-bond donors (Lipinski definition) is 0. The Morgan fingerprint density at radius 2 is 1.67 bits per heavy atom. The van der Waals surface area contributed by atoms with Crippen molar-refractivity contribution >= 4 is 11.8 Å². The minimum absolute atomic E-state index is 0.0672. The van der Waals surface area contributed by atoms with E-state index >= 15 is 0 Å². The quantitative estimate of drug-likeness (QED) is 0.313. The standard InChI is InChI=1S/C16H29NO4/c1-11(2)14(18)13(9-17(7)8)15(19)21-12(3)10-20-16(4,5)6/h9,11-12H,10H2,1-8H3/b13-9-. The Bertz CT molecular complexity index is 392. The third-order valence-electron chi connectivity index (χ3n) is 2.46. The van der Waals surface area contributed by atoms with Crippen LogP contribution >= 0.6 is 0 Å². The molecule has 0 aliphatic heterocycles. The molecule has 0 N–H and O–H groups in total. The highest BCUT2D eigenvalue weighted by molar-refractivity contribution is 6.17. The molecule has 5 nitrogen and oxygen atoms in total. The summed E-state index contributed by atoms with van der Waals surface area (Å²) < 4.78 is 10.9. The third kappa shape index (κ3) is 8.50. The van der Waals surface area contributed by atoms with Gasteiger partial charge >= 0.3 is 5.97 Å². The van der Waals surface area contributed by atoms with E-state index in [0.717, 1.165) is 0 Å². The van der Waals surface area contributed by atoms with Gasteiger partial charge in [0.1, 0.15) is 11.7 Å². The molecule has 0 heterocycles. The van der Waals surface area contributed by atoms with Crippen LogP contribution in [0.4, 0.5) is 0 Å². The molecule has 1 unspecified atom stereocenters. The summed E-state index contributed by atoms with van der Waals surface area (Å²) in [5.74, 6) is -1.09. The van der Waals surface area contributed by atoms with Crippen LogP contribution < -0.4 is 0 Å². The average Bonchev–Trinajstić information content (AvgIpc) is 2.31. The van der Waals surface area contributed by atoms with Gasteiger partial charge in [-0.05, 0) is 27.7 Å². The van der Waals surface area contributed by atoms with E-state index in [1.165, 1.54) is 6.20 Å². The van der Waals surface area contributed by atoms with Gasteiger partial charge in [0.15, 0.2) is 5.78 Å². The number of ether oxygens (including phenoxy) is 2. The molecule has 0 aromatic heterocycles. The maximum Gasteiger partial charge on any atom is 0.343 e. The molecule has 0 saturated heterocycles. The number of esters is 1. The molecule has 5 heteroatoms. The SMILES string of the molecule is CC(COC(C)(C)C)OC(=O)/C(=C\N(C)C)C(=O)C(C)C. The van der Waals surface area contributed by atoms with E-state index in [4.69, 9.17) is 9.47 Å². The monoisotopic (exact) mass is 299 g/mol. The van der Waals surface area contributed by atoms with Crippen molar-refractivity contribution in [1.82, 2.24) is 4.90 Å². The lowest BCUT2D eigenvalue weighted by Crippen LogP contribution is -2.30. The summed E-state index contributed by atoms with van der Waals surface area (Å²) in [6, 6.07) is 0. The molecular weight excluding hydrogens is 270 g/mol. The average molecular weight is 299 g/mol. The lowest BCUT2D eigenvalue weighted by Gasteiger charge is -2.23. The summed E-state index contributed by atoms with van der Waals surface area (Å²) >= 11 is 0. The summed E-state index contributed by atoms with van der Waals surface area (Å²) in [4.78, 5) is 25.9. The van der Waals surface area contributed by atoms with Crippen molar-refractivity contribution < 1.29 is 19.1 Å². The number of hydrogen-bond acceptors (Lipinski definition) is 5. The first-order valence-electron chi connectivity index (χ1n) is 7.21. The first kappa shape index (κ1) is 19.6. The number of carbonyl (C=O) groups is 2. The van der Waals surface area contributed by atoms with Gasteiger partial charge in [-0.25, -0.2) is 4.79 Å². The van der Waals surface area contributed by atoms with Crippen molar-refractivity contribution in [3.63, 3.8) is 0 Å². The van der Waals surface area contributed by atoms with Crippen molar-refractivity contribution in [2.45, 2.75) is 53.2 Å². The maximum absolute atomic E-state index is 12.2. The summed E-state index contributed by atoms with van der Waals surface area (Å²) in [5, 5.41) is 0. The number of nitrogens with zero attached hydrogens (tertiary/aromatic N) is 1. The van der Waals surface area contributed by atoms with Crippen molar-refractivity contribution in [1.29, 1.82) is 0 Å². The van der Waals surface area contributed by atoms with Crippen LogP contribution in [0.3, 0.4) is 0 Å². The predicted molar refractivity (Wildman–Crippen MR) is 82.9 cm³/mol. The minimum Gasteiger partial charge on any atom is -0.456 e. The van der Waals surface area contributed by atoms with E-state index in [-0.39, 0.29) is 22.9 Å². The minimum atomic E-state index is -0.604. The Hall–Kier alpha value is -1.36. The smallest absolute Gasteiger partial charge is 0.343 e. The highest BCUT2D eigenvalue weighted by atomic mass is 16.6. The predicted octanol–water partition coefficient (Wildman–Crippen LogP) is 2.40. The van der Waals surface area contributed by atoms with Gasteiger partial charge in [0.25, 0.3) is 0 Å². The molecule has 122 valence electrons. The Morgan fingerprint density at radius 1 is 1.14 bits per heavy atom. The number of ketones is 1. The van der Waals surface area contributed by atoms with Crippen LogP contribution in [-0.2, 0) is 19.1 Å². The molecule has 0 aromatic rings. The van der Waals surface area contributed by atoms with Crippen LogP contribution in [0.15, 0.2) is 11.8 Å². The molecule has 0 aromatic carbocycles. The first-order valence-corrected chi connectivity index (χ1v) is 7.21. The Balaban J connectivity index is 4.80.